The summed E-state index contributed by atoms with van der Waals surface area (Å²) in [5.74, 6) is -0.324. The van der Waals surface area contributed by atoms with Crippen molar-refractivity contribution in [2.24, 2.45) is 0 Å². The Morgan fingerprint density at radius 3 is 2.95 bits per heavy atom. The highest BCUT2D eigenvalue weighted by atomic mass is 16.5. The van der Waals surface area contributed by atoms with Crippen molar-refractivity contribution in [3.63, 3.8) is 0 Å². The molecule has 1 aromatic carbocycles. The molecule has 1 atom stereocenters. The van der Waals surface area contributed by atoms with Gasteiger partial charge in [0.05, 0.1) is 19.6 Å². The standard InChI is InChI=1S/C14H16N2O3/c17-13-7-10-3-1-2-4-12(10)14(18)16(13)8-11-9-19-6-5-15-11/h1-4,11,15H,5-9H2. The Morgan fingerprint density at radius 2 is 2.16 bits per heavy atom. The third-order valence-electron chi connectivity index (χ3n) is 3.54. The van der Waals surface area contributed by atoms with Crippen LogP contribution in [0.5, 0.6) is 0 Å². The molecule has 3 rings (SSSR count). The Hall–Kier alpha value is -1.72. The van der Waals surface area contributed by atoms with E-state index in [0.29, 0.717) is 31.7 Å². The minimum Gasteiger partial charge on any atom is -0.378 e. The maximum Gasteiger partial charge on any atom is 0.260 e. The first kappa shape index (κ1) is 12.3. The molecule has 19 heavy (non-hydrogen) atoms. The third-order valence-corrected chi connectivity index (χ3v) is 3.54. The Morgan fingerprint density at radius 1 is 1.32 bits per heavy atom. The molecule has 5 heteroatoms. The molecule has 0 bridgehead atoms. The second-order valence-electron chi connectivity index (χ2n) is 4.87. The minimum atomic E-state index is -0.195. The molecule has 2 heterocycles. The number of hydrogen-bond acceptors (Lipinski definition) is 4. The van der Waals surface area contributed by atoms with Gasteiger partial charge in [-0.05, 0) is 11.6 Å². The van der Waals surface area contributed by atoms with Crippen LogP contribution in [0.4, 0.5) is 0 Å². The fourth-order valence-electron chi connectivity index (χ4n) is 2.54. The fraction of sp³-hybridized carbons (Fsp3) is 0.429. The van der Waals surface area contributed by atoms with Gasteiger partial charge in [0.15, 0.2) is 0 Å². The molecule has 0 radical (unpaired) electrons. The van der Waals surface area contributed by atoms with E-state index in [1.54, 1.807) is 6.07 Å². The molecule has 2 amide bonds. The Labute approximate surface area is 111 Å². The number of nitrogens with zero attached hydrogens (tertiary/aromatic N) is 1. The smallest absolute Gasteiger partial charge is 0.260 e. The minimum absolute atomic E-state index is 0.0342. The number of amides is 2. The molecule has 1 saturated heterocycles. The molecule has 0 saturated carbocycles. The lowest BCUT2D eigenvalue weighted by atomic mass is 9.98. The summed E-state index contributed by atoms with van der Waals surface area (Å²) in [5, 5.41) is 3.26. The van der Waals surface area contributed by atoms with Gasteiger partial charge in [-0.1, -0.05) is 18.2 Å². The van der Waals surface area contributed by atoms with Crippen molar-refractivity contribution in [1.82, 2.24) is 10.2 Å². The molecular weight excluding hydrogens is 244 g/mol. The van der Waals surface area contributed by atoms with Crippen LogP contribution in [0.2, 0.25) is 0 Å². The summed E-state index contributed by atoms with van der Waals surface area (Å²) < 4.78 is 5.35. The number of rotatable bonds is 2. The molecule has 1 fully saturated rings. The predicted octanol–water partition coefficient (Wildman–Crippen LogP) is 0.200. The lowest BCUT2D eigenvalue weighted by molar-refractivity contribution is -0.129. The highest BCUT2D eigenvalue weighted by molar-refractivity contribution is 6.09. The second-order valence-corrected chi connectivity index (χ2v) is 4.87. The van der Waals surface area contributed by atoms with E-state index in [4.69, 9.17) is 4.74 Å². The number of ether oxygens (including phenoxy) is 1. The van der Waals surface area contributed by atoms with Crippen LogP contribution in [0.25, 0.3) is 0 Å². The van der Waals surface area contributed by atoms with Crippen LogP contribution in [0, 0.1) is 0 Å². The first-order valence-electron chi connectivity index (χ1n) is 6.49. The van der Waals surface area contributed by atoms with Gasteiger partial charge in [-0.25, -0.2) is 0 Å². The van der Waals surface area contributed by atoms with Crippen LogP contribution in [-0.2, 0) is 16.0 Å². The third kappa shape index (κ3) is 2.39. The fourth-order valence-corrected chi connectivity index (χ4v) is 2.54. The van der Waals surface area contributed by atoms with E-state index >= 15 is 0 Å². The number of benzene rings is 1. The lowest BCUT2D eigenvalue weighted by Crippen LogP contribution is -2.53. The highest BCUT2D eigenvalue weighted by Gasteiger charge is 2.32. The molecule has 1 aromatic rings. The van der Waals surface area contributed by atoms with Crippen LogP contribution >= 0.6 is 0 Å². The monoisotopic (exact) mass is 260 g/mol. The van der Waals surface area contributed by atoms with E-state index in [-0.39, 0.29) is 17.9 Å². The number of morpholine rings is 1. The van der Waals surface area contributed by atoms with E-state index in [1.165, 1.54) is 4.90 Å². The van der Waals surface area contributed by atoms with Gasteiger partial charge in [0.25, 0.3) is 5.91 Å². The summed E-state index contributed by atoms with van der Waals surface area (Å²) in [6, 6.07) is 7.33. The van der Waals surface area contributed by atoms with Crippen LogP contribution in [0.15, 0.2) is 24.3 Å². The number of imide groups is 1. The molecule has 100 valence electrons. The molecule has 2 aliphatic rings. The molecule has 1 N–H and O–H groups in total. The van der Waals surface area contributed by atoms with Gasteiger partial charge in [0.1, 0.15) is 0 Å². The van der Waals surface area contributed by atoms with Gasteiger partial charge in [-0.15, -0.1) is 0 Å². The largest absolute Gasteiger partial charge is 0.378 e. The van der Waals surface area contributed by atoms with E-state index in [0.717, 1.165) is 12.1 Å². The summed E-state index contributed by atoms with van der Waals surface area (Å²) in [6.45, 7) is 2.36. The van der Waals surface area contributed by atoms with Crippen LogP contribution < -0.4 is 5.32 Å². The zero-order valence-electron chi connectivity index (χ0n) is 10.6. The van der Waals surface area contributed by atoms with Gasteiger partial charge in [-0.2, -0.15) is 0 Å². The molecule has 1 unspecified atom stereocenters. The van der Waals surface area contributed by atoms with E-state index in [1.807, 2.05) is 18.2 Å². The highest BCUT2D eigenvalue weighted by Crippen LogP contribution is 2.19. The van der Waals surface area contributed by atoms with Crippen molar-refractivity contribution in [2.75, 3.05) is 26.3 Å². The van der Waals surface area contributed by atoms with Crippen LogP contribution in [0.3, 0.4) is 0 Å². The Balaban J connectivity index is 1.79. The lowest BCUT2D eigenvalue weighted by Gasteiger charge is -2.32. The summed E-state index contributed by atoms with van der Waals surface area (Å²) in [5.41, 5.74) is 1.46. The molecule has 2 aliphatic heterocycles. The Bertz CT molecular complexity index is 509. The average Bonchev–Trinajstić information content (AvgIpc) is 2.45. The normalized spacial score (nSPS) is 23.4. The molecular formula is C14H16N2O3. The first-order valence-corrected chi connectivity index (χ1v) is 6.49. The average molecular weight is 260 g/mol. The van der Waals surface area contributed by atoms with Crippen molar-refractivity contribution in [3.05, 3.63) is 35.4 Å². The molecule has 5 nitrogen and oxygen atoms in total. The van der Waals surface area contributed by atoms with Gasteiger partial charge < -0.3 is 10.1 Å². The van der Waals surface area contributed by atoms with Gasteiger partial charge in [0.2, 0.25) is 5.91 Å². The zero-order valence-corrected chi connectivity index (χ0v) is 10.6. The maximum atomic E-state index is 12.3. The summed E-state index contributed by atoms with van der Waals surface area (Å²) in [4.78, 5) is 25.8. The van der Waals surface area contributed by atoms with Crippen molar-refractivity contribution in [2.45, 2.75) is 12.5 Å². The van der Waals surface area contributed by atoms with Gasteiger partial charge >= 0.3 is 0 Å². The topological polar surface area (TPSA) is 58.6 Å². The van der Waals surface area contributed by atoms with Crippen molar-refractivity contribution in [3.8, 4) is 0 Å². The number of nitrogens with one attached hydrogen (secondary N) is 1. The number of carbonyl (C=O) groups is 2. The summed E-state index contributed by atoms with van der Waals surface area (Å²) >= 11 is 0. The van der Waals surface area contributed by atoms with E-state index in [9.17, 15) is 9.59 Å². The van der Waals surface area contributed by atoms with Gasteiger partial charge in [0, 0.05) is 24.7 Å². The van der Waals surface area contributed by atoms with Crippen molar-refractivity contribution in [1.29, 1.82) is 0 Å². The number of hydrogen-bond donors (Lipinski definition) is 1. The van der Waals surface area contributed by atoms with E-state index in [2.05, 4.69) is 5.32 Å². The maximum absolute atomic E-state index is 12.3. The first-order chi connectivity index (χ1) is 9.25. The quantitative estimate of drug-likeness (QED) is 0.772. The summed E-state index contributed by atoms with van der Waals surface area (Å²) in [7, 11) is 0. The zero-order chi connectivity index (χ0) is 13.2. The Kier molecular flexibility index (Phi) is 3.31. The number of carbonyl (C=O) groups excluding carboxylic acids is 2. The second kappa shape index (κ2) is 5.11. The SMILES string of the molecule is O=C1Cc2ccccc2C(=O)N1CC1COCCN1. The van der Waals surface area contributed by atoms with Crippen molar-refractivity contribution < 1.29 is 14.3 Å². The molecule has 0 aromatic heterocycles. The molecule has 0 spiro atoms. The number of fused-ring (bicyclic) bond motifs is 1. The summed E-state index contributed by atoms with van der Waals surface area (Å²) in [6.07, 6.45) is 0.301. The van der Waals surface area contributed by atoms with E-state index < -0.39 is 0 Å². The van der Waals surface area contributed by atoms with Crippen molar-refractivity contribution >= 4 is 11.8 Å². The van der Waals surface area contributed by atoms with Crippen LogP contribution in [0.1, 0.15) is 15.9 Å². The van der Waals surface area contributed by atoms with Crippen LogP contribution in [-0.4, -0.2) is 49.1 Å². The molecule has 0 aliphatic carbocycles. The van der Waals surface area contributed by atoms with Gasteiger partial charge in [-0.3, -0.25) is 14.5 Å². The predicted molar refractivity (Wildman–Crippen MR) is 68.8 cm³/mol.